The van der Waals surface area contributed by atoms with Crippen molar-refractivity contribution in [2.24, 2.45) is 5.10 Å². The van der Waals surface area contributed by atoms with Crippen molar-refractivity contribution in [2.75, 3.05) is 26.3 Å². The van der Waals surface area contributed by atoms with Crippen molar-refractivity contribution in [2.45, 2.75) is 13.8 Å². The molecular weight excluding hydrogens is 372 g/mol. The zero-order valence-electron chi connectivity index (χ0n) is 17.0. The minimum absolute atomic E-state index is 0.0352. The predicted octanol–water partition coefficient (Wildman–Crippen LogP) is 3.72. The van der Waals surface area contributed by atoms with Gasteiger partial charge in [-0.05, 0) is 61.9 Å². The standard InChI is InChI=1S/C22H22N2O5/c1-13-18(10-15-11-19(27-3)21(29-5)20(12-15)28-4)22(26)24(23-13)17-8-6-16(7-9-17)14(2)25/h6-12H,1-5H3. The lowest BCUT2D eigenvalue weighted by Gasteiger charge is -2.13. The van der Waals surface area contributed by atoms with Crippen LogP contribution in [0.25, 0.3) is 6.08 Å². The number of Topliss-reactive ketones (excluding diaryl/α,β-unsaturated/α-hetero) is 1. The van der Waals surface area contributed by atoms with Crippen LogP contribution in [0.5, 0.6) is 17.2 Å². The number of methoxy groups -OCH3 is 3. The molecule has 0 N–H and O–H groups in total. The minimum atomic E-state index is -0.258. The zero-order chi connectivity index (χ0) is 21.1. The van der Waals surface area contributed by atoms with Crippen molar-refractivity contribution in [1.82, 2.24) is 0 Å². The van der Waals surface area contributed by atoms with E-state index >= 15 is 0 Å². The highest BCUT2D eigenvalue weighted by molar-refractivity contribution is 6.32. The van der Waals surface area contributed by atoms with Gasteiger partial charge in [0.1, 0.15) is 0 Å². The summed E-state index contributed by atoms with van der Waals surface area (Å²) < 4.78 is 16.1. The smallest absolute Gasteiger partial charge is 0.280 e. The lowest BCUT2D eigenvalue weighted by molar-refractivity contribution is -0.114. The van der Waals surface area contributed by atoms with Gasteiger partial charge in [0.15, 0.2) is 17.3 Å². The van der Waals surface area contributed by atoms with E-state index in [9.17, 15) is 9.59 Å². The average molecular weight is 394 g/mol. The Morgan fingerprint density at radius 1 is 1.00 bits per heavy atom. The van der Waals surface area contributed by atoms with Gasteiger partial charge in [-0.15, -0.1) is 0 Å². The molecule has 0 saturated heterocycles. The summed E-state index contributed by atoms with van der Waals surface area (Å²) in [5, 5.41) is 5.69. The highest BCUT2D eigenvalue weighted by Gasteiger charge is 2.29. The molecule has 1 aliphatic heterocycles. The molecule has 2 aromatic rings. The molecule has 1 aliphatic rings. The number of amides is 1. The van der Waals surface area contributed by atoms with E-state index in [4.69, 9.17) is 14.2 Å². The number of anilines is 1. The van der Waals surface area contributed by atoms with Gasteiger partial charge in [-0.2, -0.15) is 10.1 Å². The molecule has 29 heavy (non-hydrogen) atoms. The van der Waals surface area contributed by atoms with Crippen molar-refractivity contribution >= 4 is 29.2 Å². The predicted molar refractivity (Wildman–Crippen MR) is 111 cm³/mol. The first-order valence-corrected chi connectivity index (χ1v) is 8.92. The maximum atomic E-state index is 13.0. The van der Waals surface area contributed by atoms with E-state index in [1.54, 1.807) is 49.4 Å². The molecule has 3 rings (SSSR count). The van der Waals surface area contributed by atoms with Gasteiger partial charge in [0.05, 0.1) is 38.3 Å². The molecule has 0 aromatic heterocycles. The molecule has 0 atom stereocenters. The van der Waals surface area contributed by atoms with Gasteiger partial charge >= 0.3 is 0 Å². The summed E-state index contributed by atoms with van der Waals surface area (Å²) in [6.45, 7) is 3.27. The van der Waals surface area contributed by atoms with Crippen LogP contribution in [0.4, 0.5) is 5.69 Å². The van der Waals surface area contributed by atoms with Crippen LogP contribution in [-0.2, 0) is 4.79 Å². The summed E-state index contributed by atoms with van der Waals surface area (Å²) in [5.74, 6) is 1.18. The fourth-order valence-corrected chi connectivity index (χ4v) is 3.05. The third kappa shape index (κ3) is 3.85. The SMILES string of the molecule is COc1cc(C=C2C(=O)N(c3ccc(C(C)=O)cc3)N=C2C)cc(OC)c1OC. The van der Waals surface area contributed by atoms with Crippen LogP contribution in [0.15, 0.2) is 47.1 Å². The minimum Gasteiger partial charge on any atom is -0.493 e. The van der Waals surface area contributed by atoms with Gasteiger partial charge in [0, 0.05) is 5.56 Å². The molecule has 0 aliphatic carbocycles. The molecule has 7 heteroatoms. The van der Waals surface area contributed by atoms with Gasteiger partial charge in [-0.25, -0.2) is 0 Å². The number of hydrogen-bond acceptors (Lipinski definition) is 6. The summed E-state index contributed by atoms with van der Waals surface area (Å²) in [6, 6.07) is 10.3. The Hall–Kier alpha value is -3.61. The second-order valence-corrected chi connectivity index (χ2v) is 6.42. The van der Waals surface area contributed by atoms with E-state index < -0.39 is 0 Å². The lowest BCUT2D eigenvalue weighted by Crippen LogP contribution is -2.21. The molecule has 1 heterocycles. The topological polar surface area (TPSA) is 77.4 Å². The quantitative estimate of drug-likeness (QED) is 0.551. The van der Waals surface area contributed by atoms with Crippen LogP contribution < -0.4 is 19.2 Å². The Bertz CT molecular complexity index is 997. The second-order valence-electron chi connectivity index (χ2n) is 6.42. The largest absolute Gasteiger partial charge is 0.493 e. The van der Waals surface area contributed by atoms with Crippen LogP contribution in [0.3, 0.4) is 0 Å². The van der Waals surface area contributed by atoms with E-state index in [-0.39, 0.29) is 11.7 Å². The maximum Gasteiger partial charge on any atom is 0.280 e. The monoisotopic (exact) mass is 394 g/mol. The van der Waals surface area contributed by atoms with Gasteiger partial charge in [-0.3, -0.25) is 9.59 Å². The number of benzene rings is 2. The molecule has 0 saturated carbocycles. The first-order valence-electron chi connectivity index (χ1n) is 8.92. The lowest BCUT2D eigenvalue weighted by atomic mass is 10.1. The summed E-state index contributed by atoms with van der Waals surface area (Å²) in [4.78, 5) is 24.4. The molecular formula is C22H22N2O5. The summed E-state index contributed by atoms with van der Waals surface area (Å²) in [6.07, 6.45) is 1.73. The Kier molecular flexibility index (Phi) is 5.68. The van der Waals surface area contributed by atoms with E-state index in [0.717, 1.165) is 0 Å². The number of hydrazone groups is 1. The van der Waals surface area contributed by atoms with E-state index in [2.05, 4.69) is 5.10 Å². The molecule has 0 radical (unpaired) electrons. The Labute approximate surface area is 169 Å². The molecule has 0 fully saturated rings. The highest BCUT2D eigenvalue weighted by atomic mass is 16.5. The summed E-state index contributed by atoms with van der Waals surface area (Å²) >= 11 is 0. The Morgan fingerprint density at radius 3 is 2.07 bits per heavy atom. The van der Waals surface area contributed by atoms with E-state index in [0.29, 0.717) is 45.3 Å². The van der Waals surface area contributed by atoms with Crippen LogP contribution in [-0.4, -0.2) is 38.7 Å². The van der Waals surface area contributed by atoms with Gasteiger partial charge in [0.25, 0.3) is 5.91 Å². The highest BCUT2D eigenvalue weighted by Crippen LogP contribution is 2.39. The van der Waals surface area contributed by atoms with E-state index in [1.165, 1.54) is 33.3 Å². The molecule has 1 amide bonds. The molecule has 2 aromatic carbocycles. The number of hydrogen-bond donors (Lipinski definition) is 0. The third-order valence-electron chi connectivity index (χ3n) is 4.58. The number of rotatable bonds is 6. The number of carbonyl (C=O) groups is 2. The van der Waals surface area contributed by atoms with Crippen molar-refractivity contribution < 1.29 is 23.8 Å². The second kappa shape index (κ2) is 8.18. The van der Waals surface area contributed by atoms with Crippen molar-refractivity contribution in [3.8, 4) is 17.2 Å². The first kappa shape index (κ1) is 20.1. The first-order chi connectivity index (χ1) is 13.9. The number of carbonyl (C=O) groups excluding carboxylic acids is 2. The van der Waals surface area contributed by atoms with Crippen LogP contribution >= 0.6 is 0 Å². The van der Waals surface area contributed by atoms with Crippen LogP contribution in [0, 0.1) is 0 Å². The van der Waals surface area contributed by atoms with Crippen LogP contribution in [0.2, 0.25) is 0 Å². The molecule has 0 spiro atoms. The zero-order valence-corrected chi connectivity index (χ0v) is 17.0. The molecule has 150 valence electrons. The summed E-state index contributed by atoms with van der Waals surface area (Å²) in [7, 11) is 4.60. The Morgan fingerprint density at radius 2 is 1.59 bits per heavy atom. The van der Waals surface area contributed by atoms with Crippen molar-refractivity contribution in [1.29, 1.82) is 0 Å². The number of ether oxygens (including phenoxy) is 3. The molecule has 0 bridgehead atoms. The van der Waals surface area contributed by atoms with Crippen molar-refractivity contribution in [3.05, 3.63) is 53.1 Å². The summed E-state index contributed by atoms with van der Waals surface area (Å²) in [5.41, 5.74) is 2.92. The van der Waals surface area contributed by atoms with Gasteiger partial charge in [-0.1, -0.05) is 0 Å². The van der Waals surface area contributed by atoms with Crippen LogP contribution in [0.1, 0.15) is 29.8 Å². The molecule has 7 nitrogen and oxygen atoms in total. The van der Waals surface area contributed by atoms with Gasteiger partial charge < -0.3 is 14.2 Å². The number of ketones is 1. The van der Waals surface area contributed by atoms with Crippen molar-refractivity contribution in [3.63, 3.8) is 0 Å². The van der Waals surface area contributed by atoms with Gasteiger partial charge in [0.2, 0.25) is 5.75 Å². The maximum absolute atomic E-state index is 13.0. The number of nitrogens with zero attached hydrogens (tertiary/aromatic N) is 2. The Balaban J connectivity index is 1.96. The fourth-order valence-electron chi connectivity index (χ4n) is 3.05. The average Bonchev–Trinajstić information content (AvgIpc) is 3.01. The molecule has 0 unspecified atom stereocenters. The third-order valence-corrected chi connectivity index (χ3v) is 4.58. The normalized spacial score (nSPS) is 14.8. The fraction of sp³-hybridized carbons (Fsp3) is 0.227. The van der Waals surface area contributed by atoms with E-state index in [1.807, 2.05) is 0 Å².